The zero-order valence-electron chi connectivity index (χ0n) is 18.8. The van der Waals surface area contributed by atoms with Crippen LogP contribution in [0.15, 0.2) is 12.2 Å². The van der Waals surface area contributed by atoms with Crippen LogP contribution in [0.5, 0.6) is 0 Å². The molecule has 11 heteroatoms. The molecule has 0 bridgehead atoms. The van der Waals surface area contributed by atoms with Crippen molar-refractivity contribution in [3.63, 3.8) is 0 Å². The smallest absolute Gasteiger partial charge is 0.417 e. The molecule has 0 aromatic heterocycles. The number of ketones is 2. The molecule has 0 aromatic rings. The van der Waals surface area contributed by atoms with Gasteiger partial charge in [-0.2, -0.15) is 0 Å². The minimum absolute atomic E-state index is 0.00127. The number of hydrogen-bond acceptors (Lipinski definition) is 10. The van der Waals surface area contributed by atoms with Crippen LogP contribution in [0.2, 0.25) is 0 Å². The Kier molecular flexibility index (Phi) is 11.7. The van der Waals surface area contributed by atoms with Gasteiger partial charge in [-0.3, -0.25) is 19.2 Å². The highest BCUT2D eigenvalue weighted by Gasteiger charge is 2.46. The van der Waals surface area contributed by atoms with Crippen molar-refractivity contribution in [1.82, 2.24) is 4.90 Å². The second-order valence-electron chi connectivity index (χ2n) is 7.42. The lowest BCUT2D eigenvalue weighted by Crippen LogP contribution is -2.53. The number of cyclic esters (lactones) is 1. The Morgan fingerprint density at radius 3 is 2.44 bits per heavy atom. The first-order valence-electron chi connectivity index (χ1n) is 10.3. The predicted octanol–water partition coefficient (Wildman–Crippen LogP) is 0.420. The van der Waals surface area contributed by atoms with Crippen molar-refractivity contribution in [2.75, 3.05) is 33.5 Å². The van der Waals surface area contributed by atoms with Gasteiger partial charge in [0.15, 0.2) is 23.8 Å². The molecule has 0 aliphatic carbocycles. The summed E-state index contributed by atoms with van der Waals surface area (Å²) >= 11 is 0. The molecule has 0 saturated carbocycles. The van der Waals surface area contributed by atoms with Crippen molar-refractivity contribution >= 4 is 29.5 Å². The molecule has 0 aromatic carbocycles. The maximum atomic E-state index is 13.0. The van der Waals surface area contributed by atoms with Crippen molar-refractivity contribution in [2.24, 2.45) is 5.92 Å². The second kappa shape index (κ2) is 13.7. The molecular formula is C21H31NO10. The topological polar surface area (TPSA) is 146 Å². The van der Waals surface area contributed by atoms with Crippen LogP contribution in [-0.4, -0.2) is 91.3 Å². The lowest BCUT2D eigenvalue weighted by atomic mass is 10.0. The first-order valence-corrected chi connectivity index (χ1v) is 10.3. The molecule has 1 rings (SSSR count). The van der Waals surface area contributed by atoms with Crippen LogP contribution in [0.25, 0.3) is 0 Å². The van der Waals surface area contributed by atoms with Gasteiger partial charge in [-0.1, -0.05) is 13.8 Å². The summed E-state index contributed by atoms with van der Waals surface area (Å²) in [5.74, 6) is -3.07. The summed E-state index contributed by atoms with van der Waals surface area (Å²) in [6.45, 7) is 4.97. The number of rotatable bonds is 14. The van der Waals surface area contributed by atoms with E-state index in [-0.39, 0.29) is 44.5 Å². The highest BCUT2D eigenvalue weighted by Crippen LogP contribution is 2.23. The zero-order chi connectivity index (χ0) is 24.3. The lowest BCUT2D eigenvalue weighted by molar-refractivity contribution is -0.166. The van der Waals surface area contributed by atoms with E-state index in [0.29, 0.717) is 6.42 Å². The number of esters is 1. The summed E-state index contributed by atoms with van der Waals surface area (Å²) in [4.78, 5) is 62.2. The number of nitrogens with zero attached hydrogens (tertiary/aromatic N) is 1. The molecule has 0 radical (unpaired) electrons. The minimum Gasteiger partial charge on any atom is -0.451 e. The van der Waals surface area contributed by atoms with E-state index in [0.717, 1.165) is 31.1 Å². The van der Waals surface area contributed by atoms with Crippen LogP contribution >= 0.6 is 0 Å². The number of carbonyl (C=O) groups is 5. The van der Waals surface area contributed by atoms with Gasteiger partial charge in [0.05, 0.1) is 19.3 Å². The number of imide groups is 1. The summed E-state index contributed by atoms with van der Waals surface area (Å²) in [6, 6.07) is -0.564. The summed E-state index contributed by atoms with van der Waals surface area (Å²) in [7, 11) is 1.14. The highest BCUT2D eigenvalue weighted by atomic mass is 16.6. The first kappa shape index (κ1) is 27.4. The van der Waals surface area contributed by atoms with Gasteiger partial charge in [-0.25, -0.2) is 9.69 Å². The Balaban J connectivity index is 2.92. The molecule has 1 aliphatic heterocycles. The average Bonchev–Trinajstić information content (AvgIpc) is 3.13. The number of carbonyl (C=O) groups excluding carboxylic acids is 5. The van der Waals surface area contributed by atoms with E-state index in [9.17, 15) is 24.0 Å². The first-order chi connectivity index (χ1) is 15.1. The van der Waals surface area contributed by atoms with E-state index >= 15 is 0 Å². The standard InChI is InChI=1S/C21H31NO10/c1-13(2)16-12-31-21(28)22(16)20(27)19(29-4)18(32-14(3)24)17(26)8-7-15(25)6-5-10-30-11-9-23/h7-8,13,16,18-19,23H,5-6,9-12H2,1-4H3/t16-,18-,19+/m0/s1. The fraction of sp³-hybridized carbons (Fsp3) is 0.667. The van der Waals surface area contributed by atoms with Crippen LogP contribution in [-0.2, 0) is 38.1 Å². The van der Waals surface area contributed by atoms with Crippen molar-refractivity contribution in [2.45, 2.75) is 51.9 Å². The van der Waals surface area contributed by atoms with Gasteiger partial charge in [-0.15, -0.1) is 0 Å². The molecule has 1 N–H and O–H groups in total. The Bertz CT molecular complexity index is 717. The molecule has 0 unspecified atom stereocenters. The fourth-order valence-electron chi connectivity index (χ4n) is 2.99. The Hall–Kier alpha value is -2.63. The minimum atomic E-state index is -1.69. The number of allylic oxidation sites excluding steroid dienone is 1. The van der Waals surface area contributed by atoms with Gasteiger partial charge in [0.1, 0.15) is 6.61 Å². The van der Waals surface area contributed by atoms with E-state index in [1.807, 2.05) is 0 Å². The van der Waals surface area contributed by atoms with Gasteiger partial charge < -0.3 is 24.1 Å². The van der Waals surface area contributed by atoms with Gasteiger partial charge >= 0.3 is 12.1 Å². The molecule has 11 nitrogen and oxygen atoms in total. The molecule has 1 aliphatic rings. The van der Waals surface area contributed by atoms with E-state index in [4.69, 9.17) is 24.1 Å². The molecule has 2 amide bonds. The third-order valence-electron chi connectivity index (χ3n) is 4.64. The molecule has 1 saturated heterocycles. The average molecular weight is 457 g/mol. The van der Waals surface area contributed by atoms with E-state index in [1.54, 1.807) is 13.8 Å². The van der Waals surface area contributed by atoms with E-state index < -0.39 is 42.0 Å². The second-order valence-corrected chi connectivity index (χ2v) is 7.42. The van der Waals surface area contributed by atoms with Crippen LogP contribution in [0.1, 0.15) is 33.6 Å². The summed E-state index contributed by atoms with van der Waals surface area (Å²) in [5, 5.41) is 8.62. The monoisotopic (exact) mass is 457 g/mol. The number of amides is 2. The number of hydrogen-bond donors (Lipinski definition) is 1. The molecule has 32 heavy (non-hydrogen) atoms. The Morgan fingerprint density at radius 1 is 1.19 bits per heavy atom. The highest BCUT2D eigenvalue weighted by molar-refractivity contribution is 6.05. The third-order valence-corrected chi connectivity index (χ3v) is 4.64. The summed E-state index contributed by atoms with van der Waals surface area (Å²) < 4.78 is 20.2. The maximum absolute atomic E-state index is 13.0. The SMILES string of the molecule is CO[C@@H](C(=O)N1C(=O)OC[C@H]1C(C)C)[C@@H](OC(C)=O)C(=O)C=CC(=O)CCCOCCO. The number of aliphatic hydroxyl groups is 1. The quantitative estimate of drug-likeness (QED) is 0.221. The van der Waals surface area contributed by atoms with Crippen molar-refractivity contribution in [3.8, 4) is 0 Å². The third kappa shape index (κ3) is 8.13. The van der Waals surface area contributed by atoms with Crippen molar-refractivity contribution in [1.29, 1.82) is 0 Å². The summed E-state index contributed by atoms with van der Waals surface area (Å²) in [5.41, 5.74) is 0. The molecule has 180 valence electrons. The van der Waals surface area contributed by atoms with Crippen LogP contribution in [0.3, 0.4) is 0 Å². The summed E-state index contributed by atoms with van der Waals surface area (Å²) in [6.07, 6.45) is -1.77. The molecule has 3 atom stereocenters. The van der Waals surface area contributed by atoms with Crippen LogP contribution in [0, 0.1) is 5.92 Å². The Morgan fingerprint density at radius 2 is 1.88 bits per heavy atom. The fourth-order valence-corrected chi connectivity index (χ4v) is 2.99. The normalized spacial score (nSPS) is 18.0. The molecule has 1 fully saturated rings. The predicted molar refractivity (Wildman–Crippen MR) is 109 cm³/mol. The molecular weight excluding hydrogens is 426 g/mol. The molecule has 1 heterocycles. The van der Waals surface area contributed by atoms with Gasteiger partial charge in [0.2, 0.25) is 0 Å². The lowest BCUT2D eigenvalue weighted by Gasteiger charge is -2.29. The van der Waals surface area contributed by atoms with Gasteiger partial charge in [0.25, 0.3) is 5.91 Å². The maximum Gasteiger partial charge on any atom is 0.417 e. The van der Waals surface area contributed by atoms with E-state index in [2.05, 4.69) is 0 Å². The number of methoxy groups -OCH3 is 1. The number of aliphatic hydroxyl groups excluding tert-OH is 1. The van der Waals surface area contributed by atoms with E-state index in [1.165, 1.54) is 0 Å². The molecule has 0 spiro atoms. The van der Waals surface area contributed by atoms with Crippen LogP contribution < -0.4 is 0 Å². The zero-order valence-corrected chi connectivity index (χ0v) is 18.8. The van der Waals surface area contributed by atoms with Gasteiger partial charge in [0, 0.05) is 27.1 Å². The van der Waals surface area contributed by atoms with Crippen molar-refractivity contribution < 1.29 is 48.0 Å². The van der Waals surface area contributed by atoms with Crippen molar-refractivity contribution in [3.05, 3.63) is 12.2 Å². The Labute approximate surface area is 186 Å². The largest absolute Gasteiger partial charge is 0.451 e. The van der Waals surface area contributed by atoms with Gasteiger partial charge in [-0.05, 0) is 24.5 Å². The number of ether oxygens (including phenoxy) is 4. The van der Waals surface area contributed by atoms with Crippen LogP contribution in [0.4, 0.5) is 4.79 Å².